The summed E-state index contributed by atoms with van der Waals surface area (Å²) in [6, 6.07) is 14.3. The molecule has 0 aliphatic rings. The molecule has 28 heavy (non-hydrogen) atoms. The third kappa shape index (κ3) is 5.28. The van der Waals surface area contributed by atoms with Gasteiger partial charge in [0.2, 0.25) is 5.95 Å². The van der Waals surface area contributed by atoms with Crippen LogP contribution in [0.25, 0.3) is 11.3 Å². The SMILES string of the molecule is CC(C)(C)Nc1nc(Nc2ccc(C(C)(C)C)cc2)cc(-c2ccncc2)n1. The number of nitrogens with zero attached hydrogens (tertiary/aromatic N) is 3. The predicted octanol–water partition coefficient (Wildman–Crippen LogP) is 5.79. The van der Waals surface area contributed by atoms with Gasteiger partial charge in [0, 0.05) is 35.2 Å². The summed E-state index contributed by atoms with van der Waals surface area (Å²) < 4.78 is 0. The third-order valence-electron chi connectivity index (χ3n) is 4.21. The Hall–Kier alpha value is -2.95. The molecule has 0 aliphatic carbocycles. The summed E-state index contributed by atoms with van der Waals surface area (Å²) >= 11 is 0. The first-order valence-electron chi connectivity index (χ1n) is 9.55. The fraction of sp³-hybridized carbons (Fsp3) is 0.348. The number of pyridine rings is 1. The molecule has 0 saturated heterocycles. The topological polar surface area (TPSA) is 62.7 Å². The molecule has 2 aromatic heterocycles. The Kier molecular flexibility index (Phi) is 5.36. The largest absolute Gasteiger partial charge is 0.350 e. The van der Waals surface area contributed by atoms with Gasteiger partial charge in [-0.25, -0.2) is 4.98 Å². The predicted molar refractivity (Wildman–Crippen MR) is 117 cm³/mol. The normalized spacial score (nSPS) is 11.9. The van der Waals surface area contributed by atoms with Gasteiger partial charge in [-0.1, -0.05) is 32.9 Å². The van der Waals surface area contributed by atoms with E-state index in [-0.39, 0.29) is 11.0 Å². The number of benzene rings is 1. The van der Waals surface area contributed by atoms with Crippen LogP contribution in [0.2, 0.25) is 0 Å². The number of rotatable bonds is 4. The molecule has 0 radical (unpaired) electrons. The number of hydrogen-bond donors (Lipinski definition) is 2. The highest BCUT2D eigenvalue weighted by Crippen LogP contribution is 2.27. The van der Waals surface area contributed by atoms with E-state index >= 15 is 0 Å². The molecule has 0 bridgehead atoms. The number of nitrogens with one attached hydrogen (secondary N) is 2. The van der Waals surface area contributed by atoms with Crippen molar-refractivity contribution >= 4 is 17.5 Å². The van der Waals surface area contributed by atoms with Crippen molar-refractivity contribution in [2.45, 2.75) is 52.5 Å². The van der Waals surface area contributed by atoms with Crippen LogP contribution in [0.3, 0.4) is 0 Å². The molecule has 0 aliphatic heterocycles. The second-order valence-electron chi connectivity index (χ2n) is 9.03. The van der Waals surface area contributed by atoms with Crippen LogP contribution in [0, 0.1) is 0 Å². The molecular formula is C23H29N5. The zero-order valence-corrected chi connectivity index (χ0v) is 17.5. The Morgan fingerprint density at radius 1 is 0.786 bits per heavy atom. The lowest BCUT2D eigenvalue weighted by Gasteiger charge is -2.21. The Bertz CT molecular complexity index is 920. The van der Waals surface area contributed by atoms with Crippen molar-refractivity contribution in [2.24, 2.45) is 0 Å². The lowest BCUT2D eigenvalue weighted by molar-refractivity contribution is 0.590. The summed E-state index contributed by atoms with van der Waals surface area (Å²) in [5.74, 6) is 1.34. The molecule has 3 aromatic rings. The molecule has 2 N–H and O–H groups in total. The zero-order valence-electron chi connectivity index (χ0n) is 17.5. The molecule has 0 spiro atoms. The highest BCUT2D eigenvalue weighted by atomic mass is 15.2. The van der Waals surface area contributed by atoms with Crippen molar-refractivity contribution in [3.8, 4) is 11.3 Å². The van der Waals surface area contributed by atoms with Gasteiger partial charge >= 0.3 is 0 Å². The van der Waals surface area contributed by atoms with Crippen LogP contribution in [0.1, 0.15) is 47.1 Å². The van der Waals surface area contributed by atoms with Gasteiger partial charge in [0.1, 0.15) is 5.82 Å². The summed E-state index contributed by atoms with van der Waals surface area (Å²) in [5.41, 5.74) is 4.13. The first kappa shape index (κ1) is 19.8. The van der Waals surface area contributed by atoms with Gasteiger partial charge in [-0.3, -0.25) is 4.98 Å². The van der Waals surface area contributed by atoms with Crippen molar-refractivity contribution in [2.75, 3.05) is 10.6 Å². The molecule has 5 nitrogen and oxygen atoms in total. The summed E-state index contributed by atoms with van der Waals surface area (Å²) in [6.07, 6.45) is 3.54. The third-order valence-corrected chi connectivity index (χ3v) is 4.21. The second kappa shape index (κ2) is 7.58. The van der Waals surface area contributed by atoms with E-state index in [1.807, 2.05) is 18.2 Å². The number of hydrogen-bond acceptors (Lipinski definition) is 5. The van der Waals surface area contributed by atoms with Gasteiger partial charge in [-0.2, -0.15) is 4.98 Å². The Morgan fingerprint density at radius 3 is 2.00 bits per heavy atom. The van der Waals surface area contributed by atoms with E-state index in [2.05, 4.69) is 91.4 Å². The van der Waals surface area contributed by atoms with Crippen LogP contribution in [-0.4, -0.2) is 20.5 Å². The quantitative estimate of drug-likeness (QED) is 0.604. The Balaban J connectivity index is 1.94. The molecule has 5 heteroatoms. The van der Waals surface area contributed by atoms with E-state index in [1.54, 1.807) is 12.4 Å². The summed E-state index contributed by atoms with van der Waals surface area (Å²) in [7, 11) is 0. The molecule has 0 amide bonds. The molecule has 0 saturated carbocycles. The summed E-state index contributed by atoms with van der Waals surface area (Å²) in [4.78, 5) is 13.4. The number of anilines is 3. The number of aromatic nitrogens is 3. The molecular weight excluding hydrogens is 346 g/mol. The van der Waals surface area contributed by atoms with E-state index in [1.165, 1.54) is 5.56 Å². The average Bonchev–Trinajstić information content (AvgIpc) is 2.60. The van der Waals surface area contributed by atoms with E-state index in [9.17, 15) is 0 Å². The van der Waals surface area contributed by atoms with Crippen LogP contribution in [0.5, 0.6) is 0 Å². The molecule has 146 valence electrons. The lowest BCUT2D eigenvalue weighted by Crippen LogP contribution is -2.27. The van der Waals surface area contributed by atoms with Crippen molar-refractivity contribution in [1.82, 2.24) is 15.0 Å². The summed E-state index contributed by atoms with van der Waals surface area (Å²) in [5, 5.41) is 6.78. The van der Waals surface area contributed by atoms with Crippen molar-refractivity contribution < 1.29 is 0 Å². The van der Waals surface area contributed by atoms with E-state index < -0.39 is 0 Å². The molecule has 3 rings (SSSR count). The van der Waals surface area contributed by atoms with Crippen LogP contribution in [0.4, 0.5) is 17.5 Å². The molecule has 1 aromatic carbocycles. The highest BCUT2D eigenvalue weighted by Gasteiger charge is 2.15. The fourth-order valence-electron chi connectivity index (χ4n) is 2.77. The molecule has 0 atom stereocenters. The minimum absolute atomic E-state index is 0.131. The van der Waals surface area contributed by atoms with Gasteiger partial charge in [0.25, 0.3) is 0 Å². The lowest BCUT2D eigenvalue weighted by atomic mass is 9.87. The first-order valence-corrected chi connectivity index (χ1v) is 9.55. The minimum atomic E-state index is -0.136. The minimum Gasteiger partial charge on any atom is -0.350 e. The van der Waals surface area contributed by atoms with Gasteiger partial charge in [-0.05, 0) is 56.0 Å². The molecule has 0 fully saturated rings. The first-order chi connectivity index (χ1) is 13.1. The molecule has 0 unspecified atom stereocenters. The zero-order chi connectivity index (χ0) is 20.4. The van der Waals surface area contributed by atoms with Gasteiger partial charge in [0.15, 0.2) is 0 Å². The smallest absolute Gasteiger partial charge is 0.225 e. The summed E-state index contributed by atoms with van der Waals surface area (Å²) in [6.45, 7) is 12.9. The van der Waals surface area contributed by atoms with E-state index in [0.717, 1.165) is 22.8 Å². The second-order valence-corrected chi connectivity index (χ2v) is 9.03. The maximum Gasteiger partial charge on any atom is 0.225 e. The maximum absolute atomic E-state index is 4.69. The monoisotopic (exact) mass is 375 g/mol. The van der Waals surface area contributed by atoms with Gasteiger partial charge in [-0.15, -0.1) is 0 Å². The van der Waals surface area contributed by atoms with Crippen molar-refractivity contribution in [1.29, 1.82) is 0 Å². The average molecular weight is 376 g/mol. The standard InChI is InChI=1S/C23H29N5/c1-22(2,3)17-7-9-18(10-8-17)25-20-15-19(16-11-13-24-14-12-16)26-21(27-20)28-23(4,5)6/h7-15H,1-6H3,(H2,25,26,27,28). The molecule has 2 heterocycles. The van der Waals surface area contributed by atoms with Crippen molar-refractivity contribution in [3.63, 3.8) is 0 Å². The van der Waals surface area contributed by atoms with Crippen LogP contribution in [0.15, 0.2) is 54.9 Å². The highest BCUT2D eigenvalue weighted by molar-refractivity contribution is 5.67. The Morgan fingerprint density at radius 2 is 1.43 bits per heavy atom. The van der Waals surface area contributed by atoms with E-state index in [0.29, 0.717) is 5.95 Å². The van der Waals surface area contributed by atoms with Crippen LogP contribution in [-0.2, 0) is 5.41 Å². The van der Waals surface area contributed by atoms with Crippen LogP contribution >= 0.6 is 0 Å². The van der Waals surface area contributed by atoms with Crippen LogP contribution < -0.4 is 10.6 Å². The van der Waals surface area contributed by atoms with Crippen molar-refractivity contribution in [3.05, 3.63) is 60.4 Å². The van der Waals surface area contributed by atoms with E-state index in [4.69, 9.17) is 0 Å². The Labute approximate surface area is 167 Å². The fourth-order valence-corrected chi connectivity index (χ4v) is 2.77. The van der Waals surface area contributed by atoms with Gasteiger partial charge in [0.05, 0.1) is 5.69 Å². The maximum atomic E-state index is 4.69. The van der Waals surface area contributed by atoms with Gasteiger partial charge < -0.3 is 10.6 Å².